The van der Waals surface area contributed by atoms with Crippen LogP contribution in [0.4, 0.5) is 10.5 Å². The number of nitrogens with zero attached hydrogens (tertiary/aromatic N) is 3. The second-order valence-corrected chi connectivity index (χ2v) is 8.28. The van der Waals surface area contributed by atoms with Crippen molar-refractivity contribution >= 4 is 52.3 Å². The van der Waals surface area contributed by atoms with Crippen LogP contribution in [0.3, 0.4) is 0 Å². The zero-order chi connectivity index (χ0) is 23.0. The molecule has 1 amide bonds. The highest BCUT2D eigenvalue weighted by Crippen LogP contribution is 2.48. The predicted molar refractivity (Wildman–Crippen MR) is 116 cm³/mol. The molecule has 0 saturated heterocycles. The molecule has 0 atom stereocenters. The highest BCUT2D eigenvalue weighted by molar-refractivity contribution is 7.07. The third kappa shape index (κ3) is 4.13. The van der Waals surface area contributed by atoms with Crippen LogP contribution >= 0.6 is 23.1 Å². The van der Waals surface area contributed by atoms with E-state index in [0.717, 1.165) is 17.1 Å². The van der Waals surface area contributed by atoms with Gasteiger partial charge >= 0.3 is 12.1 Å². The molecule has 1 saturated carbocycles. The quantitative estimate of drug-likeness (QED) is 0.399. The van der Waals surface area contributed by atoms with Gasteiger partial charge in [-0.05, 0) is 41.8 Å². The van der Waals surface area contributed by atoms with E-state index in [1.54, 1.807) is 0 Å². The summed E-state index contributed by atoms with van der Waals surface area (Å²) < 4.78 is 20.1. The average molecular weight is 485 g/mol. The van der Waals surface area contributed by atoms with Gasteiger partial charge in [0.15, 0.2) is 5.15 Å². The van der Waals surface area contributed by atoms with Crippen LogP contribution in [0.5, 0.6) is 0 Å². The molecule has 3 aromatic heterocycles. The number of oxazole rings is 2. The van der Waals surface area contributed by atoms with Gasteiger partial charge < -0.3 is 18.7 Å². The van der Waals surface area contributed by atoms with E-state index < -0.39 is 17.5 Å². The number of amides is 1. The third-order valence-electron chi connectivity index (χ3n) is 4.92. The standard InChI is InChI=1S/C21H13ClN4O6S/c22-15-14(24-20(29)30-10-11-4-2-1-3-5-11)12(33-26-15)6-7-13-23-16-17(31-13)25-18(32-16)21(8-9-21)19(27)28/h1-5H,8-10H2,(H,24,29)(H,27,28). The molecule has 4 aromatic rings. The maximum atomic E-state index is 12.2. The lowest BCUT2D eigenvalue weighted by Gasteiger charge is -2.06. The minimum Gasteiger partial charge on any atom is -0.480 e. The number of rotatable bonds is 5. The molecule has 166 valence electrons. The van der Waals surface area contributed by atoms with Crippen LogP contribution < -0.4 is 5.32 Å². The monoisotopic (exact) mass is 484 g/mol. The zero-order valence-electron chi connectivity index (χ0n) is 16.6. The first kappa shape index (κ1) is 21.0. The van der Waals surface area contributed by atoms with E-state index in [1.165, 1.54) is 0 Å². The number of aliphatic carboxylic acids is 1. The van der Waals surface area contributed by atoms with Gasteiger partial charge in [-0.25, -0.2) is 4.79 Å². The Morgan fingerprint density at radius 2 is 1.94 bits per heavy atom. The highest BCUT2D eigenvalue weighted by Gasteiger charge is 2.56. The molecule has 33 heavy (non-hydrogen) atoms. The minimum absolute atomic E-state index is 0.00472. The normalized spacial score (nSPS) is 13.8. The van der Waals surface area contributed by atoms with Gasteiger partial charge in [0.1, 0.15) is 22.6 Å². The molecule has 3 heterocycles. The van der Waals surface area contributed by atoms with E-state index in [-0.39, 0.29) is 40.7 Å². The van der Waals surface area contributed by atoms with Crippen LogP contribution in [0.2, 0.25) is 5.15 Å². The number of carboxylic acids is 1. The summed E-state index contributed by atoms with van der Waals surface area (Å²) in [5, 5.41) is 11.9. The molecule has 2 N–H and O–H groups in total. The number of hydrogen-bond acceptors (Lipinski definition) is 9. The van der Waals surface area contributed by atoms with Crippen molar-refractivity contribution < 1.29 is 28.3 Å². The summed E-state index contributed by atoms with van der Waals surface area (Å²) in [6.45, 7) is 0.0937. The first-order valence-electron chi connectivity index (χ1n) is 9.61. The molecule has 1 aliphatic rings. The largest absolute Gasteiger partial charge is 0.480 e. The van der Waals surface area contributed by atoms with E-state index in [4.69, 9.17) is 25.2 Å². The van der Waals surface area contributed by atoms with Crippen molar-refractivity contribution in [2.75, 3.05) is 5.32 Å². The van der Waals surface area contributed by atoms with Crippen molar-refractivity contribution in [2.45, 2.75) is 24.9 Å². The number of carbonyl (C=O) groups is 2. The number of fused-ring (bicyclic) bond motifs is 1. The summed E-state index contributed by atoms with van der Waals surface area (Å²) in [7, 11) is 0. The van der Waals surface area contributed by atoms with Crippen molar-refractivity contribution in [3.63, 3.8) is 0 Å². The topological polar surface area (TPSA) is 141 Å². The number of anilines is 1. The van der Waals surface area contributed by atoms with Crippen molar-refractivity contribution in [3.8, 4) is 11.8 Å². The molecular weight excluding hydrogens is 472 g/mol. The number of hydrogen-bond donors (Lipinski definition) is 2. The summed E-state index contributed by atoms with van der Waals surface area (Å²) in [5.74, 6) is 4.57. The number of carbonyl (C=O) groups excluding carboxylic acids is 1. The van der Waals surface area contributed by atoms with Crippen LogP contribution in [-0.4, -0.2) is 31.5 Å². The van der Waals surface area contributed by atoms with Gasteiger partial charge in [0.25, 0.3) is 17.3 Å². The lowest BCUT2D eigenvalue weighted by molar-refractivity contribution is -0.140. The Bertz CT molecular complexity index is 1400. The molecular formula is C21H13ClN4O6S. The average Bonchev–Trinajstić information content (AvgIpc) is 3.24. The molecule has 10 nitrogen and oxygen atoms in total. The van der Waals surface area contributed by atoms with Gasteiger partial charge in [0, 0.05) is 0 Å². The second kappa shape index (κ2) is 8.23. The number of nitrogens with one attached hydrogen (secondary N) is 1. The van der Waals surface area contributed by atoms with Crippen LogP contribution in [0.25, 0.3) is 11.4 Å². The highest BCUT2D eigenvalue weighted by atomic mass is 35.5. The van der Waals surface area contributed by atoms with E-state index >= 15 is 0 Å². The minimum atomic E-state index is -1.09. The molecule has 5 rings (SSSR count). The molecule has 0 aliphatic heterocycles. The van der Waals surface area contributed by atoms with Crippen LogP contribution in [0, 0.1) is 11.8 Å². The molecule has 1 fully saturated rings. The Balaban J connectivity index is 1.29. The van der Waals surface area contributed by atoms with Crippen molar-refractivity contribution in [2.24, 2.45) is 0 Å². The lowest BCUT2D eigenvalue weighted by atomic mass is 10.1. The molecule has 0 spiro atoms. The SMILES string of the molecule is O=C(Nc1c(Cl)nsc1C#Cc1nc2oc(C3(C(=O)O)CC3)nc2o1)OCc1ccccc1. The second-order valence-electron chi connectivity index (χ2n) is 7.15. The van der Waals surface area contributed by atoms with Crippen LogP contribution in [0.1, 0.15) is 35.1 Å². The number of aromatic nitrogens is 3. The van der Waals surface area contributed by atoms with Gasteiger partial charge in [0.05, 0.1) is 0 Å². The van der Waals surface area contributed by atoms with Gasteiger partial charge in [-0.1, -0.05) is 41.9 Å². The first-order chi connectivity index (χ1) is 15.9. The van der Waals surface area contributed by atoms with Crippen molar-refractivity contribution in [1.29, 1.82) is 0 Å². The van der Waals surface area contributed by atoms with Crippen LogP contribution in [0.15, 0.2) is 39.2 Å². The number of halogens is 1. The third-order valence-corrected chi connectivity index (χ3v) is 6.05. The van der Waals surface area contributed by atoms with Gasteiger partial charge in [0.2, 0.25) is 5.89 Å². The van der Waals surface area contributed by atoms with Crippen LogP contribution in [-0.2, 0) is 21.6 Å². The smallest absolute Gasteiger partial charge is 0.412 e. The predicted octanol–water partition coefficient (Wildman–Crippen LogP) is 4.19. The number of ether oxygens (including phenoxy) is 1. The zero-order valence-corrected chi connectivity index (χ0v) is 18.2. The van der Waals surface area contributed by atoms with E-state index in [1.807, 2.05) is 30.3 Å². The Morgan fingerprint density at radius 3 is 2.64 bits per heavy atom. The fraction of sp³-hybridized carbons (Fsp3) is 0.190. The fourth-order valence-corrected chi connectivity index (χ4v) is 3.88. The molecule has 0 radical (unpaired) electrons. The van der Waals surface area contributed by atoms with E-state index in [0.29, 0.717) is 17.7 Å². The van der Waals surface area contributed by atoms with Gasteiger partial charge in [-0.3, -0.25) is 10.1 Å². The molecule has 1 aromatic carbocycles. The fourth-order valence-electron chi connectivity index (χ4n) is 2.98. The number of carboxylic acid groups (broad SMARTS) is 1. The van der Waals surface area contributed by atoms with Gasteiger partial charge in [-0.15, -0.1) is 0 Å². The van der Waals surface area contributed by atoms with E-state index in [2.05, 4.69) is 31.5 Å². The Labute approximate surface area is 194 Å². The van der Waals surface area contributed by atoms with E-state index in [9.17, 15) is 14.7 Å². The Morgan fingerprint density at radius 1 is 1.18 bits per heavy atom. The van der Waals surface area contributed by atoms with Crippen molar-refractivity contribution in [1.82, 2.24) is 14.3 Å². The summed E-state index contributed by atoms with van der Waals surface area (Å²) >= 11 is 7.05. The summed E-state index contributed by atoms with van der Waals surface area (Å²) in [4.78, 5) is 32.1. The Hall–Kier alpha value is -3.88. The first-order valence-corrected chi connectivity index (χ1v) is 10.8. The van der Waals surface area contributed by atoms with Crippen molar-refractivity contribution in [3.05, 3.63) is 57.7 Å². The summed E-state index contributed by atoms with van der Waals surface area (Å²) in [5.41, 5.74) is 0.0756. The number of benzene rings is 1. The summed E-state index contributed by atoms with van der Waals surface area (Å²) in [6.07, 6.45) is 0.198. The Kier molecular flexibility index (Phi) is 5.24. The lowest BCUT2D eigenvalue weighted by Crippen LogP contribution is -2.19. The maximum Gasteiger partial charge on any atom is 0.412 e. The molecule has 1 aliphatic carbocycles. The maximum absolute atomic E-state index is 12.2. The molecule has 0 unspecified atom stereocenters. The summed E-state index contributed by atoms with van der Waals surface area (Å²) in [6, 6.07) is 9.22. The molecule has 12 heteroatoms. The molecule has 0 bridgehead atoms. The van der Waals surface area contributed by atoms with Gasteiger partial charge in [-0.2, -0.15) is 14.3 Å².